The standard InChI is InChI=1S/C43H68N4O6/c1-2-35(29-6-4-3-5-7-29)40(30-8-13-33(48)14-9-30)31-10-15-34(16-11-31)53-25-24-46-22-20-28(21-23-46)27-44-32-12-17-36-37(26-32)43(52)47(42(36)51)38-18-19-39(49)45-41(38)50/h28-34,36-38,44,48H,2-27H2,1H3,(H,45,49,50)/b40-35-. The minimum Gasteiger partial charge on any atom is -0.393 e. The Kier molecular flexibility index (Phi) is 13.4. The van der Waals surface area contributed by atoms with Crippen molar-refractivity contribution in [2.75, 3.05) is 32.8 Å². The van der Waals surface area contributed by atoms with Crippen LogP contribution in [0.4, 0.5) is 0 Å². The van der Waals surface area contributed by atoms with Crippen LogP contribution >= 0.6 is 0 Å². The summed E-state index contributed by atoms with van der Waals surface area (Å²) in [5, 5.41) is 16.3. The first kappa shape index (κ1) is 39.1. The van der Waals surface area contributed by atoms with E-state index in [9.17, 15) is 24.3 Å². The highest BCUT2D eigenvalue weighted by Crippen LogP contribution is 2.46. The fraction of sp³-hybridized carbons (Fsp3) is 0.860. The van der Waals surface area contributed by atoms with Crippen molar-refractivity contribution in [1.29, 1.82) is 0 Å². The number of aliphatic hydroxyl groups excluding tert-OH is 1. The molecule has 7 fully saturated rings. The Balaban J connectivity index is 0.806. The largest absolute Gasteiger partial charge is 0.393 e. The monoisotopic (exact) mass is 737 g/mol. The molecule has 10 nitrogen and oxygen atoms in total. The fourth-order valence-corrected chi connectivity index (χ4v) is 11.7. The molecule has 3 aliphatic heterocycles. The normalized spacial score (nSPS) is 36.0. The molecule has 3 saturated heterocycles. The van der Waals surface area contributed by atoms with Crippen molar-refractivity contribution in [2.24, 2.45) is 35.5 Å². The molecular formula is C43H68N4O6. The Hall–Kier alpha value is -2.14. The number of carbonyl (C=O) groups is 4. The molecule has 4 amide bonds. The summed E-state index contributed by atoms with van der Waals surface area (Å²) >= 11 is 0. The number of nitrogens with one attached hydrogen (secondary N) is 2. The van der Waals surface area contributed by atoms with Gasteiger partial charge in [0.15, 0.2) is 0 Å². The quantitative estimate of drug-likeness (QED) is 0.173. The second kappa shape index (κ2) is 18.2. The van der Waals surface area contributed by atoms with E-state index in [0.29, 0.717) is 36.7 Å². The summed E-state index contributed by atoms with van der Waals surface area (Å²) < 4.78 is 6.54. The lowest BCUT2D eigenvalue weighted by atomic mass is 9.68. The summed E-state index contributed by atoms with van der Waals surface area (Å²) in [6, 6.07) is -0.641. The van der Waals surface area contributed by atoms with Crippen molar-refractivity contribution in [2.45, 2.75) is 166 Å². The van der Waals surface area contributed by atoms with Crippen LogP contribution in [0.2, 0.25) is 0 Å². The van der Waals surface area contributed by atoms with Crippen LogP contribution in [0, 0.1) is 35.5 Å². The van der Waals surface area contributed by atoms with E-state index in [1.807, 2.05) is 11.1 Å². The van der Waals surface area contributed by atoms with Crippen molar-refractivity contribution in [3.63, 3.8) is 0 Å². The highest BCUT2D eigenvalue weighted by molar-refractivity contribution is 6.10. The third-order valence-electron chi connectivity index (χ3n) is 14.7. The molecule has 4 aliphatic carbocycles. The molecule has 4 atom stereocenters. The van der Waals surface area contributed by atoms with Gasteiger partial charge in [-0.15, -0.1) is 0 Å². The number of amides is 4. The third kappa shape index (κ3) is 9.29. The number of fused-ring (bicyclic) bond motifs is 1. The number of ether oxygens (including phenoxy) is 1. The molecule has 0 bridgehead atoms. The molecule has 7 aliphatic rings. The number of piperidine rings is 2. The first-order valence-electron chi connectivity index (χ1n) is 22.0. The third-order valence-corrected chi connectivity index (χ3v) is 14.7. The van der Waals surface area contributed by atoms with Crippen LogP contribution in [0.25, 0.3) is 0 Å². The maximum absolute atomic E-state index is 13.3. The molecule has 4 unspecified atom stereocenters. The fourth-order valence-electron chi connectivity index (χ4n) is 11.7. The Morgan fingerprint density at radius 1 is 0.774 bits per heavy atom. The lowest BCUT2D eigenvalue weighted by molar-refractivity contribution is -0.151. The Bertz CT molecular complexity index is 1320. The Labute approximate surface area is 318 Å². The zero-order valence-electron chi connectivity index (χ0n) is 32.5. The van der Waals surface area contributed by atoms with Crippen molar-refractivity contribution in [1.82, 2.24) is 20.4 Å². The first-order valence-corrected chi connectivity index (χ1v) is 22.0. The number of hydrogen-bond acceptors (Lipinski definition) is 8. The number of rotatable bonds is 12. The SMILES string of the molecule is CC/C(=C(\C1CCC(O)CC1)C1CCC(OCCN2CCC(CNC3CCC4C(=O)N(C5CCC(=O)NC5=O)C(=O)C4C3)CC2)CC1)C1CCCCC1. The van der Waals surface area contributed by atoms with Crippen molar-refractivity contribution in [3.05, 3.63) is 11.1 Å². The zero-order valence-corrected chi connectivity index (χ0v) is 32.5. The molecule has 7 rings (SSSR count). The smallest absolute Gasteiger partial charge is 0.249 e. The van der Waals surface area contributed by atoms with Crippen LogP contribution < -0.4 is 10.6 Å². The zero-order chi connectivity index (χ0) is 36.9. The van der Waals surface area contributed by atoms with Gasteiger partial charge in [-0.3, -0.25) is 29.4 Å². The van der Waals surface area contributed by atoms with Crippen molar-refractivity contribution in [3.8, 4) is 0 Å². The lowest BCUT2D eigenvalue weighted by Crippen LogP contribution is -2.54. The molecule has 0 radical (unpaired) electrons. The van der Waals surface area contributed by atoms with E-state index in [-0.39, 0.29) is 54.5 Å². The summed E-state index contributed by atoms with van der Waals surface area (Å²) in [4.78, 5) is 54.3. The second-order valence-corrected chi connectivity index (χ2v) is 17.9. The minimum atomic E-state index is -0.848. The number of hydrogen-bond donors (Lipinski definition) is 3. The molecule has 53 heavy (non-hydrogen) atoms. The van der Waals surface area contributed by atoms with Gasteiger partial charge in [0.1, 0.15) is 6.04 Å². The number of nitrogens with zero attached hydrogens (tertiary/aromatic N) is 2. The van der Waals surface area contributed by atoms with E-state index in [1.165, 1.54) is 81.9 Å². The van der Waals surface area contributed by atoms with Gasteiger partial charge in [0, 0.05) is 19.0 Å². The molecule has 3 heterocycles. The number of aliphatic hydroxyl groups is 1. The summed E-state index contributed by atoms with van der Waals surface area (Å²) in [5.74, 6) is 0.791. The van der Waals surface area contributed by atoms with Gasteiger partial charge in [-0.05, 0) is 152 Å². The van der Waals surface area contributed by atoms with Gasteiger partial charge in [-0.1, -0.05) is 37.3 Å². The van der Waals surface area contributed by atoms with Crippen LogP contribution in [-0.4, -0.2) is 95.6 Å². The molecular weight excluding hydrogens is 668 g/mol. The molecule has 4 saturated carbocycles. The van der Waals surface area contributed by atoms with Crippen LogP contribution in [0.3, 0.4) is 0 Å². The lowest BCUT2D eigenvalue weighted by Gasteiger charge is -2.39. The second-order valence-electron chi connectivity index (χ2n) is 17.9. The van der Waals surface area contributed by atoms with Gasteiger partial charge in [-0.25, -0.2) is 0 Å². The number of imide groups is 2. The van der Waals surface area contributed by atoms with E-state index in [4.69, 9.17) is 4.74 Å². The molecule has 10 heteroatoms. The van der Waals surface area contributed by atoms with Crippen LogP contribution in [-0.2, 0) is 23.9 Å². The molecule has 0 aromatic carbocycles. The van der Waals surface area contributed by atoms with Crippen molar-refractivity contribution < 1.29 is 29.0 Å². The molecule has 3 N–H and O–H groups in total. The van der Waals surface area contributed by atoms with Gasteiger partial charge in [0.25, 0.3) is 0 Å². The molecule has 0 aromatic rings. The highest BCUT2D eigenvalue weighted by atomic mass is 16.5. The Morgan fingerprint density at radius 3 is 2.13 bits per heavy atom. The van der Waals surface area contributed by atoms with E-state index in [2.05, 4.69) is 22.5 Å². The summed E-state index contributed by atoms with van der Waals surface area (Å²) in [5.41, 5.74) is 3.66. The summed E-state index contributed by atoms with van der Waals surface area (Å²) in [6.45, 7) is 7.35. The summed E-state index contributed by atoms with van der Waals surface area (Å²) in [7, 11) is 0. The van der Waals surface area contributed by atoms with Gasteiger partial charge in [-0.2, -0.15) is 0 Å². The number of likely N-dealkylation sites (tertiary alicyclic amines) is 2. The Morgan fingerprint density at radius 2 is 1.45 bits per heavy atom. The van der Waals surface area contributed by atoms with Crippen LogP contribution in [0.1, 0.15) is 142 Å². The van der Waals surface area contributed by atoms with Crippen LogP contribution in [0.5, 0.6) is 0 Å². The average Bonchev–Trinajstić information content (AvgIpc) is 3.42. The first-order chi connectivity index (χ1) is 25.8. The van der Waals surface area contributed by atoms with Gasteiger partial charge in [0.05, 0.1) is 30.7 Å². The van der Waals surface area contributed by atoms with E-state index >= 15 is 0 Å². The number of allylic oxidation sites excluding steroid dienone is 2. The predicted octanol–water partition coefficient (Wildman–Crippen LogP) is 5.66. The van der Waals surface area contributed by atoms with Crippen LogP contribution in [0.15, 0.2) is 11.1 Å². The summed E-state index contributed by atoms with van der Waals surface area (Å²) in [6.07, 6.45) is 22.5. The maximum atomic E-state index is 13.3. The van der Waals surface area contributed by atoms with Gasteiger partial charge < -0.3 is 20.1 Å². The molecule has 0 aromatic heterocycles. The molecule has 0 spiro atoms. The number of carbonyl (C=O) groups excluding carboxylic acids is 4. The van der Waals surface area contributed by atoms with Gasteiger partial charge >= 0.3 is 0 Å². The van der Waals surface area contributed by atoms with E-state index < -0.39 is 11.9 Å². The maximum Gasteiger partial charge on any atom is 0.249 e. The van der Waals surface area contributed by atoms with E-state index in [0.717, 1.165) is 70.8 Å². The minimum absolute atomic E-state index is 0.0918. The topological polar surface area (TPSA) is 128 Å². The predicted molar refractivity (Wildman–Crippen MR) is 203 cm³/mol. The van der Waals surface area contributed by atoms with Crippen molar-refractivity contribution >= 4 is 23.6 Å². The van der Waals surface area contributed by atoms with E-state index in [1.54, 1.807) is 0 Å². The molecule has 296 valence electrons. The highest BCUT2D eigenvalue weighted by Gasteiger charge is 2.54. The van der Waals surface area contributed by atoms with Gasteiger partial charge in [0.2, 0.25) is 23.6 Å². The average molecular weight is 737 g/mol.